The van der Waals surface area contributed by atoms with E-state index in [4.69, 9.17) is 0 Å². The number of hydrogen-bond donors (Lipinski definition) is 1. The molecule has 0 fully saturated rings. The first-order chi connectivity index (χ1) is 12.5. The quantitative estimate of drug-likeness (QED) is 0.708. The van der Waals surface area contributed by atoms with Gasteiger partial charge in [0.2, 0.25) is 0 Å². The van der Waals surface area contributed by atoms with Crippen molar-refractivity contribution >= 4 is 29.3 Å². The Labute approximate surface area is 155 Å². The molecule has 2 rings (SSSR count). The van der Waals surface area contributed by atoms with Gasteiger partial charge in [0.05, 0.1) is 5.56 Å². The van der Waals surface area contributed by atoms with Crippen molar-refractivity contribution in [2.45, 2.75) is 24.5 Å². The molecule has 0 radical (unpaired) electrons. The summed E-state index contributed by atoms with van der Waals surface area (Å²) in [4.78, 5) is 26.6. The van der Waals surface area contributed by atoms with Crippen molar-refractivity contribution in [3.63, 3.8) is 0 Å². The van der Waals surface area contributed by atoms with Crippen molar-refractivity contribution in [1.82, 2.24) is 4.90 Å². The Morgan fingerprint density at radius 1 is 1.04 bits per heavy atom. The number of rotatable bonds is 7. The standard InChI is InChI=1S/C19H20F2N2O2S/c1-3-23(4-2)18(25)13-9-11-14(12-10-13)22-17(24)15-7-5-6-8-16(15)26-19(20)21/h5-12,19H,3-4H2,1-2H3,(H,22,24). The van der Waals surface area contributed by atoms with Crippen LogP contribution in [0.2, 0.25) is 0 Å². The average Bonchev–Trinajstić information content (AvgIpc) is 2.63. The summed E-state index contributed by atoms with van der Waals surface area (Å²) in [6, 6.07) is 12.7. The third-order valence-electron chi connectivity index (χ3n) is 3.79. The summed E-state index contributed by atoms with van der Waals surface area (Å²) in [6.45, 7) is 5.05. The van der Waals surface area contributed by atoms with Crippen LogP contribution in [0.25, 0.3) is 0 Å². The van der Waals surface area contributed by atoms with Gasteiger partial charge in [0.15, 0.2) is 0 Å². The molecule has 0 unspecified atom stereocenters. The van der Waals surface area contributed by atoms with E-state index in [1.165, 1.54) is 12.1 Å². The van der Waals surface area contributed by atoms with Crippen LogP contribution in [0.1, 0.15) is 34.6 Å². The van der Waals surface area contributed by atoms with Gasteiger partial charge in [-0.1, -0.05) is 23.9 Å². The zero-order valence-corrected chi connectivity index (χ0v) is 15.4. The van der Waals surface area contributed by atoms with Crippen LogP contribution >= 0.6 is 11.8 Å². The van der Waals surface area contributed by atoms with E-state index < -0.39 is 11.7 Å². The van der Waals surface area contributed by atoms with Gasteiger partial charge in [0.25, 0.3) is 17.6 Å². The fraction of sp³-hybridized carbons (Fsp3) is 0.263. The number of hydrogen-bond acceptors (Lipinski definition) is 3. The molecule has 0 spiro atoms. The molecule has 0 atom stereocenters. The Bertz CT molecular complexity index is 762. The fourth-order valence-electron chi connectivity index (χ4n) is 2.44. The molecular formula is C19H20F2N2O2S. The Morgan fingerprint density at radius 3 is 2.23 bits per heavy atom. The molecule has 138 valence electrons. The molecule has 0 aliphatic rings. The molecule has 0 bridgehead atoms. The van der Waals surface area contributed by atoms with Crippen molar-refractivity contribution < 1.29 is 18.4 Å². The van der Waals surface area contributed by atoms with E-state index in [1.807, 2.05) is 13.8 Å². The molecule has 0 saturated carbocycles. The summed E-state index contributed by atoms with van der Waals surface area (Å²) >= 11 is 0.334. The van der Waals surface area contributed by atoms with Gasteiger partial charge >= 0.3 is 0 Å². The lowest BCUT2D eigenvalue weighted by Crippen LogP contribution is -2.30. The number of benzene rings is 2. The van der Waals surface area contributed by atoms with E-state index in [9.17, 15) is 18.4 Å². The second-order valence-corrected chi connectivity index (χ2v) is 6.42. The number of thioether (sulfide) groups is 1. The smallest absolute Gasteiger partial charge is 0.288 e. The van der Waals surface area contributed by atoms with Gasteiger partial charge in [-0.05, 0) is 50.2 Å². The molecule has 1 N–H and O–H groups in total. The van der Waals surface area contributed by atoms with Crippen LogP contribution in [-0.4, -0.2) is 35.6 Å². The summed E-state index contributed by atoms with van der Waals surface area (Å²) in [5.41, 5.74) is 1.20. The van der Waals surface area contributed by atoms with Crippen LogP contribution < -0.4 is 5.32 Å². The lowest BCUT2D eigenvalue weighted by Gasteiger charge is -2.18. The number of halogens is 2. The number of carbonyl (C=O) groups excluding carboxylic acids is 2. The topological polar surface area (TPSA) is 49.4 Å². The summed E-state index contributed by atoms with van der Waals surface area (Å²) in [5, 5.41) is 2.67. The first kappa shape index (κ1) is 19.9. The van der Waals surface area contributed by atoms with Crippen molar-refractivity contribution in [3.8, 4) is 0 Å². The predicted molar refractivity (Wildman–Crippen MR) is 99.9 cm³/mol. The highest BCUT2D eigenvalue weighted by molar-refractivity contribution is 7.99. The monoisotopic (exact) mass is 378 g/mol. The van der Waals surface area contributed by atoms with E-state index in [0.29, 0.717) is 36.1 Å². The number of anilines is 1. The largest absolute Gasteiger partial charge is 0.339 e. The number of carbonyl (C=O) groups is 2. The first-order valence-electron chi connectivity index (χ1n) is 8.20. The normalized spacial score (nSPS) is 10.7. The predicted octanol–water partition coefficient (Wildman–Crippen LogP) is 4.74. The highest BCUT2D eigenvalue weighted by Gasteiger charge is 2.16. The lowest BCUT2D eigenvalue weighted by molar-refractivity contribution is 0.0773. The second kappa shape index (κ2) is 9.33. The molecule has 26 heavy (non-hydrogen) atoms. The van der Waals surface area contributed by atoms with Crippen LogP contribution in [-0.2, 0) is 0 Å². The van der Waals surface area contributed by atoms with Gasteiger partial charge in [-0.15, -0.1) is 0 Å². The molecule has 0 heterocycles. The number of amides is 2. The van der Waals surface area contributed by atoms with Gasteiger partial charge in [-0.25, -0.2) is 0 Å². The van der Waals surface area contributed by atoms with Gasteiger partial charge in [-0.2, -0.15) is 8.78 Å². The van der Waals surface area contributed by atoms with Crippen molar-refractivity contribution in [2.24, 2.45) is 0 Å². The Kier molecular flexibility index (Phi) is 7.15. The minimum atomic E-state index is -2.60. The van der Waals surface area contributed by atoms with Crippen molar-refractivity contribution in [2.75, 3.05) is 18.4 Å². The first-order valence-corrected chi connectivity index (χ1v) is 9.08. The Morgan fingerprint density at radius 2 is 1.65 bits per heavy atom. The van der Waals surface area contributed by atoms with Crippen LogP contribution in [0.3, 0.4) is 0 Å². The van der Waals surface area contributed by atoms with Crippen LogP contribution in [0, 0.1) is 0 Å². The van der Waals surface area contributed by atoms with Crippen LogP contribution in [0.5, 0.6) is 0 Å². The highest BCUT2D eigenvalue weighted by atomic mass is 32.2. The minimum Gasteiger partial charge on any atom is -0.339 e. The lowest BCUT2D eigenvalue weighted by atomic mass is 10.1. The van der Waals surface area contributed by atoms with E-state index >= 15 is 0 Å². The second-order valence-electron chi connectivity index (χ2n) is 5.38. The molecule has 2 aromatic rings. The maximum atomic E-state index is 12.6. The summed E-state index contributed by atoms with van der Waals surface area (Å²) in [7, 11) is 0. The zero-order valence-electron chi connectivity index (χ0n) is 14.5. The molecule has 7 heteroatoms. The van der Waals surface area contributed by atoms with Crippen molar-refractivity contribution in [1.29, 1.82) is 0 Å². The molecule has 0 aliphatic heterocycles. The van der Waals surface area contributed by atoms with E-state index in [-0.39, 0.29) is 16.4 Å². The Hall–Kier alpha value is -2.41. The van der Waals surface area contributed by atoms with Gasteiger partial charge < -0.3 is 10.2 Å². The molecule has 0 aromatic heterocycles. The average molecular weight is 378 g/mol. The number of nitrogens with zero attached hydrogens (tertiary/aromatic N) is 1. The molecule has 2 aromatic carbocycles. The molecule has 0 aliphatic carbocycles. The van der Waals surface area contributed by atoms with Gasteiger partial charge in [0.1, 0.15) is 0 Å². The zero-order chi connectivity index (χ0) is 19.1. The maximum absolute atomic E-state index is 12.6. The molecular weight excluding hydrogens is 358 g/mol. The van der Waals surface area contributed by atoms with Crippen LogP contribution in [0.4, 0.5) is 14.5 Å². The Balaban J connectivity index is 2.12. The summed E-state index contributed by atoms with van der Waals surface area (Å²) in [5.74, 6) is -3.16. The third kappa shape index (κ3) is 5.05. The number of nitrogens with one attached hydrogen (secondary N) is 1. The fourth-order valence-corrected chi connectivity index (χ4v) is 3.08. The third-order valence-corrected chi connectivity index (χ3v) is 4.58. The summed E-state index contributed by atoms with van der Waals surface area (Å²) < 4.78 is 25.3. The SMILES string of the molecule is CCN(CC)C(=O)c1ccc(NC(=O)c2ccccc2SC(F)F)cc1. The van der Waals surface area contributed by atoms with Crippen LogP contribution in [0.15, 0.2) is 53.4 Å². The van der Waals surface area contributed by atoms with E-state index in [1.54, 1.807) is 41.3 Å². The van der Waals surface area contributed by atoms with Gasteiger partial charge in [0, 0.05) is 29.2 Å². The molecule has 2 amide bonds. The van der Waals surface area contributed by atoms with Crippen molar-refractivity contribution in [3.05, 3.63) is 59.7 Å². The molecule has 0 saturated heterocycles. The van der Waals surface area contributed by atoms with E-state index in [0.717, 1.165) is 0 Å². The minimum absolute atomic E-state index is 0.0773. The maximum Gasteiger partial charge on any atom is 0.288 e. The van der Waals surface area contributed by atoms with Gasteiger partial charge in [-0.3, -0.25) is 9.59 Å². The molecule has 4 nitrogen and oxygen atoms in total. The number of alkyl halides is 2. The summed E-state index contributed by atoms with van der Waals surface area (Å²) in [6.07, 6.45) is 0. The van der Waals surface area contributed by atoms with E-state index in [2.05, 4.69) is 5.32 Å². The highest BCUT2D eigenvalue weighted by Crippen LogP contribution is 2.28.